The Morgan fingerprint density at radius 3 is 2.36 bits per heavy atom. The summed E-state index contributed by atoms with van der Waals surface area (Å²) in [5, 5.41) is 0. The van der Waals surface area contributed by atoms with Gasteiger partial charge in [-0.1, -0.05) is 18.2 Å². The van der Waals surface area contributed by atoms with E-state index in [-0.39, 0.29) is 18.4 Å². The normalized spacial score (nSPS) is 20.3. The number of aryl methyl sites for hydroxylation is 1. The number of sulfonamides is 1. The Morgan fingerprint density at radius 1 is 1.07 bits per heavy atom. The minimum absolute atomic E-state index is 0.00680. The summed E-state index contributed by atoms with van der Waals surface area (Å²) in [6, 6.07) is 6.63. The Balaban J connectivity index is 1.81. The molecule has 2 amide bonds. The van der Waals surface area contributed by atoms with Gasteiger partial charge in [-0.15, -0.1) is 0 Å². The Kier molecular flexibility index (Phi) is 6.27. The third-order valence-electron chi connectivity index (χ3n) is 5.59. The molecule has 2 saturated heterocycles. The van der Waals surface area contributed by atoms with E-state index >= 15 is 0 Å². The van der Waals surface area contributed by atoms with Gasteiger partial charge in [0.25, 0.3) is 0 Å². The van der Waals surface area contributed by atoms with Gasteiger partial charge in [0, 0.05) is 19.6 Å². The predicted octanol–water partition coefficient (Wildman–Crippen LogP) is 1.76. The quantitative estimate of drug-likeness (QED) is 0.745. The summed E-state index contributed by atoms with van der Waals surface area (Å²) < 4.78 is 26.0. The number of para-hydroxylation sites is 1. The topological polar surface area (TPSA) is 78.0 Å². The van der Waals surface area contributed by atoms with Gasteiger partial charge in [0.15, 0.2) is 0 Å². The smallest absolute Gasteiger partial charge is 0.245 e. The first-order valence-electron chi connectivity index (χ1n) is 9.90. The molecule has 1 atom stereocenters. The molecule has 154 valence electrons. The molecular formula is C20H29N3O4S. The second-order valence-electron chi connectivity index (χ2n) is 7.69. The maximum atomic E-state index is 13.1. The molecule has 7 nitrogen and oxygen atoms in total. The van der Waals surface area contributed by atoms with Crippen LogP contribution in [-0.2, 0) is 19.6 Å². The van der Waals surface area contributed by atoms with E-state index in [1.807, 2.05) is 24.0 Å². The molecule has 8 heteroatoms. The number of carbonyl (C=O) groups excluding carboxylic acids is 2. The van der Waals surface area contributed by atoms with Gasteiger partial charge in [-0.05, 0) is 50.7 Å². The largest absolute Gasteiger partial charge is 0.341 e. The van der Waals surface area contributed by atoms with E-state index in [9.17, 15) is 18.0 Å². The Labute approximate surface area is 167 Å². The monoisotopic (exact) mass is 407 g/mol. The van der Waals surface area contributed by atoms with Gasteiger partial charge in [0.05, 0.1) is 11.9 Å². The number of benzene rings is 1. The number of rotatable bonds is 5. The molecule has 0 saturated carbocycles. The van der Waals surface area contributed by atoms with E-state index in [0.29, 0.717) is 18.7 Å². The number of nitrogens with zero attached hydrogens (tertiary/aromatic N) is 3. The van der Waals surface area contributed by atoms with E-state index in [4.69, 9.17) is 0 Å². The molecule has 2 aliphatic heterocycles. The van der Waals surface area contributed by atoms with Crippen LogP contribution in [0.25, 0.3) is 0 Å². The molecule has 0 N–H and O–H groups in total. The van der Waals surface area contributed by atoms with Crippen molar-refractivity contribution in [2.45, 2.75) is 45.1 Å². The molecule has 1 aromatic rings. The molecule has 28 heavy (non-hydrogen) atoms. The molecule has 0 aliphatic carbocycles. The summed E-state index contributed by atoms with van der Waals surface area (Å²) >= 11 is 0. The van der Waals surface area contributed by atoms with Gasteiger partial charge >= 0.3 is 0 Å². The summed E-state index contributed by atoms with van der Waals surface area (Å²) in [7, 11) is -3.64. The number of piperidine rings is 1. The Bertz CT molecular complexity index is 834. The average Bonchev–Trinajstić information content (AvgIpc) is 3.20. The molecule has 1 aromatic carbocycles. The van der Waals surface area contributed by atoms with Crippen molar-refractivity contribution in [2.24, 2.45) is 0 Å². The van der Waals surface area contributed by atoms with Crippen LogP contribution >= 0.6 is 0 Å². The standard InChI is InChI=1S/C20H29N3O4S/c1-16-9-3-4-10-17(16)23(28(2,26)27)15-19(24)22-14-6-5-11-18(22)20(25)21-12-7-8-13-21/h3-4,9-10,18H,5-8,11-15H2,1-2H3. The van der Waals surface area contributed by atoms with Gasteiger partial charge in [-0.25, -0.2) is 8.42 Å². The lowest BCUT2D eigenvalue weighted by atomic mass is 10.0. The van der Waals surface area contributed by atoms with Crippen LogP contribution in [0, 0.1) is 6.92 Å². The average molecular weight is 408 g/mol. The summed E-state index contributed by atoms with van der Waals surface area (Å²) in [6.07, 6.45) is 5.49. The maximum absolute atomic E-state index is 13.1. The van der Waals surface area contributed by atoms with Gasteiger partial charge in [-0.2, -0.15) is 0 Å². The van der Waals surface area contributed by atoms with Crippen molar-refractivity contribution in [1.29, 1.82) is 0 Å². The number of hydrogen-bond acceptors (Lipinski definition) is 4. The molecule has 3 rings (SSSR count). The van der Waals surface area contributed by atoms with E-state index in [1.165, 1.54) is 0 Å². The molecular weight excluding hydrogens is 378 g/mol. The van der Waals surface area contributed by atoms with Gasteiger partial charge in [0.2, 0.25) is 21.8 Å². The number of anilines is 1. The van der Waals surface area contributed by atoms with Crippen LogP contribution in [0.4, 0.5) is 5.69 Å². The molecule has 0 bridgehead atoms. The molecule has 2 heterocycles. The molecule has 0 radical (unpaired) electrons. The SMILES string of the molecule is Cc1ccccc1N(CC(=O)N1CCCCC1C(=O)N1CCCC1)S(C)(=O)=O. The zero-order valence-electron chi connectivity index (χ0n) is 16.6. The van der Waals surface area contributed by atoms with Crippen molar-refractivity contribution in [3.63, 3.8) is 0 Å². The second kappa shape index (κ2) is 8.51. The van der Waals surface area contributed by atoms with Crippen LogP contribution in [0.3, 0.4) is 0 Å². The maximum Gasteiger partial charge on any atom is 0.245 e. The molecule has 2 aliphatic rings. The van der Waals surface area contributed by atoms with Crippen LogP contribution < -0.4 is 4.31 Å². The third kappa shape index (κ3) is 4.48. The third-order valence-corrected chi connectivity index (χ3v) is 6.72. The summed E-state index contributed by atoms with van der Waals surface area (Å²) in [4.78, 5) is 29.5. The van der Waals surface area contributed by atoms with Crippen LogP contribution in [-0.4, -0.2) is 68.5 Å². The van der Waals surface area contributed by atoms with Crippen LogP contribution in [0.15, 0.2) is 24.3 Å². The zero-order valence-corrected chi connectivity index (χ0v) is 17.5. The second-order valence-corrected chi connectivity index (χ2v) is 9.59. The number of carbonyl (C=O) groups is 2. The fourth-order valence-electron chi connectivity index (χ4n) is 4.07. The fourth-order valence-corrected chi connectivity index (χ4v) is 4.98. The van der Waals surface area contributed by atoms with E-state index in [2.05, 4.69) is 0 Å². The van der Waals surface area contributed by atoms with E-state index in [0.717, 1.165) is 54.9 Å². The van der Waals surface area contributed by atoms with Crippen LogP contribution in [0.1, 0.15) is 37.7 Å². The van der Waals surface area contributed by atoms with Crippen LogP contribution in [0.2, 0.25) is 0 Å². The first-order valence-corrected chi connectivity index (χ1v) is 11.8. The summed E-state index contributed by atoms with van der Waals surface area (Å²) in [6.45, 7) is 3.52. The van der Waals surface area contributed by atoms with Gasteiger partial charge in [-0.3, -0.25) is 13.9 Å². The lowest BCUT2D eigenvalue weighted by Crippen LogP contribution is -2.55. The first-order chi connectivity index (χ1) is 13.3. The summed E-state index contributed by atoms with van der Waals surface area (Å²) in [5.41, 5.74) is 1.28. The fraction of sp³-hybridized carbons (Fsp3) is 0.600. The minimum atomic E-state index is -3.64. The number of likely N-dealkylation sites (tertiary alicyclic amines) is 2. The molecule has 0 spiro atoms. The highest BCUT2D eigenvalue weighted by Crippen LogP contribution is 2.25. The number of amides is 2. The lowest BCUT2D eigenvalue weighted by molar-refractivity contribution is -0.146. The zero-order chi connectivity index (χ0) is 20.3. The highest BCUT2D eigenvalue weighted by molar-refractivity contribution is 7.92. The molecule has 1 unspecified atom stereocenters. The van der Waals surface area contributed by atoms with Crippen molar-refractivity contribution in [3.05, 3.63) is 29.8 Å². The summed E-state index contributed by atoms with van der Waals surface area (Å²) in [5.74, 6) is -0.307. The Hall–Kier alpha value is -2.09. The van der Waals surface area contributed by atoms with Crippen molar-refractivity contribution in [2.75, 3.05) is 36.7 Å². The van der Waals surface area contributed by atoms with Crippen molar-refractivity contribution < 1.29 is 18.0 Å². The van der Waals surface area contributed by atoms with Crippen molar-refractivity contribution >= 4 is 27.5 Å². The van der Waals surface area contributed by atoms with E-state index < -0.39 is 16.1 Å². The van der Waals surface area contributed by atoms with Gasteiger partial charge < -0.3 is 9.80 Å². The highest BCUT2D eigenvalue weighted by Gasteiger charge is 2.36. The van der Waals surface area contributed by atoms with E-state index in [1.54, 1.807) is 17.0 Å². The lowest BCUT2D eigenvalue weighted by Gasteiger charge is -2.38. The van der Waals surface area contributed by atoms with Gasteiger partial charge in [0.1, 0.15) is 12.6 Å². The number of hydrogen-bond donors (Lipinski definition) is 0. The molecule has 2 fully saturated rings. The Morgan fingerprint density at radius 2 is 1.71 bits per heavy atom. The van der Waals surface area contributed by atoms with Crippen molar-refractivity contribution in [1.82, 2.24) is 9.80 Å². The first kappa shape index (κ1) is 20.6. The predicted molar refractivity (Wildman–Crippen MR) is 109 cm³/mol. The highest BCUT2D eigenvalue weighted by atomic mass is 32.2. The van der Waals surface area contributed by atoms with Crippen molar-refractivity contribution in [3.8, 4) is 0 Å². The van der Waals surface area contributed by atoms with Crippen LogP contribution in [0.5, 0.6) is 0 Å². The minimum Gasteiger partial charge on any atom is -0.341 e. The molecule has 0 aromatic heterocycles.